The van der Waals surface area contributed by atoms with Crippen LogP contribution in [0.5, 0.6) is 0 Å². The molecule has 108 valence electrons. The number of hydrogen-bond acceptors (Lipinski definition) is 3. The van der Waals surface area contributed by atoms with E-state index in [-0.39, 0.29) is 11.0 Å². The number of nitrogens with one attached hydrogen (secondary N) is 1. The molecule has 0 aliphatic rings. The molecule has 2 rings (SSSR count). The number of hydrogen-bond donors (Lipinski definition) is 1. The lowest BCUT2D eigenvalue weighted by Gasteiger charge is -2.10. The van der Waals surface area contributed by atoms with E-state index >= 15 is 0 Å². The van der Waals surface area contributed by atoms with Gasteiger partial charge in [0, 0.05) is 9.75 Å². The fraction of sp³-hybridized carbons (Fsp3) is 0.308. The van der Waals surface area contributed by atoms with Crippen LogP contribution >= 0.6 is 22.9 Å². The Kier molecular flexibility index (Phi) is 4.55. The average molecular weight is 321 g/mol. The molecular formula is C13H12ClF3N2S. The fourth-order valence-electron chi connectivity index (χ4n) is 1.64. The number of aryl methyl sites for hydroxylation is 1. The molecule has 7 heteroatoms. The molecule has 0 bridgehead atoms. The van der Waals surface area contributed by atoms with Crippen molar-refractivity contribution in [3.05, 3.63) is 44.7 Å². The Morgan fingerprint density at radius 2 is 1.95 bits per heavy atom. The summed E-state index contributed by atoms with van der Waals surface area (Å²) >= 11 is 7.24. The van der Waals surface area contributed by atoms with Gasteiger partial charge < -0.3 is 5.32 Å². The Morgan fingerprint density at radius 1 is 1.25 bits per heavy atom. The maximum Gasteiger partial charge on any atom is 0.416 e. The predicted molar refractivity (Wildman–Crippen MR) is 75.3 cm³/mol. The molecule has 0 aliphatic carbocycles. The first-order valence-corrected chi connectivity index (χ1v) is 7.14. The van der Waals surface area contributed by atoms with Gasteiger partial charge >= 0.3 is 6.18 Å². The molecule has 1 N–H and O–H groups in total. The van der Waals surface area contributed by atoms with E-state index in [9.17, 15) is 13.2 Å². The van der Waals surface area contributed by atoms with Gasteiger partial charge in [-0.25, -0.2) is 4.98 Å². The van der Waals surface area contributed by atoms with Crippen molar-refractivity contribution < 1.29 is 13.2 Å². The van der Waals surface area contributed by atoms with Crippen molar-refractivity contribution in [1.29, 1.82) is 0 Å². The quantitative estimate of drug-likeness (QED) is 0.803. The lowest BCUT2D eigenvalue weighted by Crippen LogP contribution is -2.08. The van der Waals surface area contributed by atoms with Gasteiger partial charge in [0.1, 0.15) is 11.0 Å². The molecule has 0 unspecified atom stereocenters. The molecule has 0 amide bonds. The second kappa shape index (κ2) is 6.01. The monoisotopic (exact) mass is 320 g/mol. The van der Waals surface area contributed by atoms with Crippen LogP contribution in [0.25, 0.3) is 0 Å². The van der Waals surface area contributed by atoms with Gasteiger partial charge in [-0.3, -0.25) is 0 Å². The number of aromatic nitrogens is 1. The molecule has 2 aromatic heterocycles. The van der Waals surface area contributed by atoms with Crippen LogP contribution < -0.4 is 5.32 Å². The minimum atomic E-state index is -4.43. The van der Waals surface area contributed by atoms with Crippen LogP contribution in [0.15, 0.2) is 24.3 Å². The summed E-state index contributed by atoms with van der Waals surface area (Å²) in [5.41, 5.74) is -0.805. The molecule has 0 spiro atoms. The highest BCUT2D eigenvalue weighted by Gasteiger charge is 2.31. The van der Waals surface area contributed by atoms with Crippen molar-refractivity contribution in [1.82, 2.24) is 4.98 Å². The van der Waals surface area contributed by atoms with Crippen LogP contribution in [0.3, 0.4) is 0 Å². The zero-order chi connectivity index (χ0) is 14.8. The molecule has 0 atom stereocenters. The second-order valence-electron chi connectivity index (χ2n) is 4.14. The third kappa shape index (κ3) is 3.86. The van der Waals surface area contributed by atoms with Gasteiger partial charge in [-0.05, 0) is 30.7 Å². The van der Waals surface area contributed by atoms with Gasteiger partial charge in [-0.15, -0.1) is 11.3 Å². The van der Waals surface area contributed by atoms with Gasteiger partial charge in [-0.1, -0.05) is 18.5 Å². The van der Waals surface area contributed by atoms with Crippen molar-refractivity contribution in [2.24, 2.45) is 0 Å². The number of rotatable bonds is 4. The van der Waals surface area contributed by atoms with E-state index in [1.54, 1.807) is 11.3 Å². The van der Waals surface area contributed by atoms with Crippen molar-refractivity contribution in [3.8, 4) is 0 Å². The highest BCUT2D eigenvalue weighted by molar-refractivity contribution is 7.12. The number of anilines is 1. The van der Waals surface area contributed by atoms with Crippen molar-refractivity contribution in [2.75, 3.05) is 5.32 Å². The molecule has 2 heterocycles. The Labute approximate surface area is 123 Å². The first-order chi connectivity index (χ1) is 9.38. The standard InChI is InChI=1S/C13H12ClF3N2S/c1-2-9-3-4-10(20-9)7-18-12-6-8(13(15,16)17)5-11(14)19-12/h3-6H,2,7H2,1H3,(H,18,19). The lowest BCUT2D eigenvalue weighted by molar-refractivity contribution is -0.137. The van der Waals surface area contributed by atoms with E-state index < -0.39 is 11.7 Å². The van der Waals surface area contributed by atoms with Gasteiger partial charge in [0.2, 0.25) is 0 Å². The summed E-state index contributed by atoms with van der Waals surface area (Å²) < 4.78 is 37.9. The smallest absolute Gasteiger partial charge is 0.365 e. The zero-order valence-corrected chi connectivity index (χ0v) is 12.2. The largest absolute Gasteiger partial charge is 0.416 e. The summed E-state index contributed by atoms with van der Waals surface area (Å²) in [4.78, 5) is 6.12. The molecule has 0 fully saturated rings. The van der Waals surface area contributed by atoms with Crippen molar-refractivity contribution in [2.45, 2.75) is 26.1 Å². The highest BCUT2D eigenvalue weighted by atomic mass is 35.5. The molecule has 20 heavy (non-hydrogen) atoms. The Bertz CT molecular complexity index is 596. The fourth-order valence-corrected chi connectivity index (χ4v) is 2.74. The van der Waals surface area contributed by atoms with E-state index in [4.69, 9.17) is 11.6 Å². The first kappa shape index (κ1) is 15.1. The number of alkyl halides is 3. The van der Waals surface area contributed by atoms with Crippen molar-refractivity contribution >= 4 is 28.8 Å². The van der Waals surface area contributed by atoms with Crippen molar-refractivity contribution in [3.63, 3.8) is 0 Å². The summed E-state index contributed by atoms with van der Waals surface area (Å²) in [6.45, 7) is 2.48. The van der Waals surface area contributed by atoms with Crippen LogP contribution in [0.1, 0.15) is 22.2 Å². The topological polar surface area (TPSA) is 24.9 Å². The van der Waals surface area contributed by atoms with Gasteiger partial charge in [-0.2, -0.15) is 13.2 Å². The third-order valence-corrected chi connectivity index (χ3v) is 4.05. The average Bonchev–Trinajstić information content (AvgIpc) is 2.82. The van der Waals surface area contributed by atoms with Crippen LogP contribution in [0.2, 0.25) is 5.15 Å². The SMILES string of the molecule is CCc1ccc(CNc2cc(C(F)(F)F)cc(Cl)n2)s1. The number of nitrogens with zero attached hydrogens (tertiary/aromatic N) is 1. The normalized spacial score (nSPS) is 11.7. The zero-order valence-electron chi connectivity index (χ0n) is 10.6. The van der Waals surface area contributed by atoms with E-state index in [1.165, 1.54) is 4.88 Å². The van der Waals surface area contributed by atoms with E-state index in [0.717, 1.165) is 23.4 Å². The Hall–Kier alpha value is -1.27. The van der Waals surface area contributed by atoms with E-state index in [1.807, 2.05) is 12.1 Å². The van der Waals surface area contributed by atoms with E-state index in [0.29, 0.717) is 6.54 Å². The molecule has 0 aliphatic heterocycles. The van der Waals surface area contributed by atoms with Crippen LogP contribution in [0, 0.1) is 0 Å². The van der Waals surface area contributed by atoms with E-state index in [2.05, 4.69) is 17.2 Å². The second-order valence-corrected chi connectivity index (χ2v) is 5.78. The van der Waals surface area contributed by atoms with Gasteiger partial charge in [0.05, 0.1) is 12.1 Å². The molecule has 0 saturated carbocycles. The first-order valence-electron chi connectivity index (χ1n) is 5.94. The van der Waals surface area contributed by atoms with Crippen LogP contribution in [0.4, 0.5) is 19.0 Å². The molecule has 0 radical (unpaired) electrons. The molecule has 2 aromatic rings. The summed E-state index contributed by atoms with van der Waals surface area (Å²) in [7, 11) is 0. The maximum absolute atomic E-state index is 12.6. The number of thiophene rings is 1. The van der Waals surface area contributed by atoms with Crippen LogP contribution in [-0.2, 0) is 19.1 Å². The minimum Gasteiger partial charge on any atom is -0.365 e. The van der Waals surface area contributed by atoms with Gasteiger partial charge in [0.25, 0.3) is 0 Å². The minimum absolute atomic E-state index is 0.122. The molecule has 2 nitrogen and oxygen atoms in total. The molecule has 0 saturated heterocycles. The third-order valence-electron chi connectivity index (χ3n) is 2.63. The number of halogens is 4. The maximum atomic E-state index is 12.6. The van der Waals surface area contributed by atoms with Gasteiger partial charge in [0.15, 0.2) is 0 Å². The predicted octanol–water partition coefficient (Wildman–Crippen LogP) is 4.99. The Balaban J connectivity index is 2.11. The van der Waals surface area contributed by atoms with Crippen LogP contribution in [-0.4, -0.2) is 4.98 Å². The summed E-state index contributed by atoms with van der Waals surface area (Å²) in [6.07, 6.45) is -3.49. The Morgan fingerprint density at radius 3 is 2.55 bits per heavy atom. The lowest BCUT2D eigenvalue weighted by atomic mass is 10.2. The number of pyridine rings is 1. The summed E-state index contributed by atoms with van der Waals surface area (Å²) in [6, 6.07) is 5.73. The highest BCUT2D eigenvalue weighted by Crippen LogP contribution is 2.32. The summed E-state index contributed by atoms with van der Waals surface area (Å²) in [5, 5.41) is 2.69. The molecular weight excluding hydrogens is 309 g/mol. The summed E-state index contributed by atoms with van der Waals surface area (Å²) in [5.74, 6) is 0.122. The molecule has 0 aromatic carbocycles.